The first-order chi connectivity index (χ1) is 3.41. The van der Waals surface area contributed by atoms with Gasteiger partial charge in [-0.25, -0.2) is 0 Å². The van der Waals surface area contributed by atoms with E-state index in [4.69, 9.17) is 0 Å². The Morgan fingerprint density at radius 1 is 1.00 bits per heavy atom. The van der Waals surface area contributed by atoms with Gasteiger partial charge in [0.1, 0.15) is 0 Å². The first-order valence-electron chi connectivity index (χ1n) is 2.64. The van der Waals surface area contributed by atoms with Crippen LogP contribution in [0.25, 0.3) is 0 Å². The van der Waals surface area contributed by atoms with Gasteiger partial charge in [0.2, 0.25) is 0 Å². The molecule has 0 rings (SSSR count). The second kappa shape index (κ2) is 5.48. The highest BCUT2D eigenvalue weighted by Crippen LogP contribution is 1.82. The van der Waals surface area contributed by atoms with Crippen LogP contribution in [0.1, 0.15) is 20.3 Å². The van der Waals surface area contributed by atoms with Crippen molar-refractivity contribution >= 4 is 0 Å². The van der Waals surface area contributed by atoms with Crippen molar-refractivity contribution in [2.75, 3.05) is 0 Å². The average Bonchev–Trinajstić information content (AvgIpc) is 1.69. The second-order valence-corrected chi connectivity index (χ2v) is 1.37. The minimum Gasteiger partial charge on any atom is -0.0914 e. The molecule has 0 saturated carbocycles. The van der Waals surface area contributed by atoms with E-state index in [9.17, 15) is 0 Å². The van der Waals surface area contributed by atoms with Gasteiger partial charge >= 0.3 is 0 Å². The Bertz CT molecular complexity index is 58.1. The molecule has 0 unspecified atom stereocenters. The van der Waals surface area contributed by atoms with Crippen molar-refractivity contribution in [1.82, 2.24) is 0 Å². The first kappa shape index (κ1) is 6.48. The maximum atomic E-state index is 2.12. The maximum absolute atomic E-state index is 2.12. The molecule has 0 aliphatic rings. The van der Waals surface area contributed by atoms with E-state index in [1.54, 1.807) is 0 Å². The summed E-state index contributed by atoms with van der Waals surface area (Å²) in [7, 11) is 0. The fourth-order valence-electron chi connectivity index (χ4n) is 0.351. The molecular formula is C7H12. The van der Waals surface area contributed by atoms with Gasteiger partial charge in [-0.15, -0.1) is 0 Å². The summed E-state index contributed by atoms with van der Waals surface area (Å²) in [5.74, 6) is 0. The molecule has 0 aromatic rings. The Kier molecular flexibility index (Phi) is 5.07. The van der Waals surface area contributed by atoms with E-state index in [-0.39, 0.29) is 0 Å². The Labute approximate surface area is 45.5 Å². The molecule has 0 aliphatic carbocycles. The third-order valence-corrected chi connectivity index (χ3v) is 0.744. The minimum atomic E-state index is 1.08. The van der Waals surface area contributed by atoms with E-state index in [1.807, 2.05) is 13.8 Å². The summed E-state index contributed by atoms with van der Waals surface area (Å²) in [5, 5.41) is 0. The Morgan fingerprint density at radius 3 is 1.71 bits per heavy atom. The van der Waals surface area contributed by atoms with E-state index < -0.39 is 0 Å². The lowest BCUT2D eigenvalue weighted by atomic mass is 10.3. The third-order valence-electron chi connectivity index (χ3n) is 0.744. The van der Waals surface area contributed by atoms with Crippen molar-refractivity contribution in [2.24, 2.45) is 0 Å². The zero-order valence-electron chi connectivity index (χ0n) is 5.02. The SMILES string of the molecule is C/C=C\C/C=C\C. The predicted molar refractivity (Wildman–Crippen MR) is 34.2 cm³/mol. The standard InChI is InChI=1S/C7H12/c1-3-5-7-6-4-2/h3-6H,7H2,1-2H3/b5-3-,6-4-. The molecule has 0 atom stereocenters. The smallest absolute Gasteiger partial charge is 0.0169 e. The van der Waals surface area contributed by atoms with Gasteiger partial charge in [-0.1, -0.05) is 24.3 Å². The van der Waals surface area contributed by atoms with Gasteiger partial charge in [0.15, 0.2) is 0 Å². The molecule has 7 heavy (non-hydrogen) atoms. The number of allylic oxidation sites excluding steroid dienone is 4. The van der Waals surface area contributed by atoms with Crippen LogP contribution in [0, 0.1) is 0 Å². The second-order valence-electron chi connectivity index (χ2n) is 1.37. The van der Waals surface area contributed by atoms with Gasteiger partial charge in [-0.3, -0.25) is 0 Å². The summed E-state index contributed by atoms with van der Waals surface area (Å²) < 4.78 is 0. The molecule has 0 aromatic heterocycles. The highest BCUT2D eigenvalue weighted by Gasteiger charge is 1.61. The molecule has 0 bridgehead atoms. The lowest BCUT2D eigenvalue weighted by molar-refractivity contribution is 1.36. The van der Waals surface area contributed by atoms with Crippen LogP contribution < -0.4 is 0 Å². The number of hydrogen-bond donors (Lipinski definition) is 0. The minimum absolute atomic E-state index is 1.08. The van der Waals surface area contributed by atoms with Crippen molar-refractivity contribution in [2.45, 2.75) is 20.3 Å². The Balaban J connectivity index is 2.98. The highest BCUT2D eigenvalue weighted by atomic mass is 13.7. The first-order valence-corrected chi connectivity index (χ1v) is 2.64. The molecule has 0 saturated heterocycles. The molecule has 0 heteroatoms. The summed E-state index contributed by atoms with van der Waals surface area (Å²) in [5.41, 5.74) is 0. The number of rotatable bonds is 2. The predicted octanol–water partition coefficient (Wildman–Crippen LogP) is 2.53. The van der Waals surface area contributed by atoms with E-state index in [2.05, 4.69) is 24.3 Å². The van der Waals surface area contributed by atoms with Gasteiger partial charge < -0.3 is 0 Å². The summed E-state index contributed by atoms with van der Waals surface area (Å²) in [4.78, 5) is 0. The summed E-state index contributed by atoms with van der Waals surface area (Å²) in [6, 6.07) is 0. The molecule has 0 aliphatic heterocycles. The van der Waals surface area contributed by atoms with E-state index >= 15 is 0 Å². The van der Waals surface area contributed by atoms with Crippen molar-refractivity contribution < 1.29 is 0 Å². The zero-order valence-corrected chi connectivity index (χ0v) is 5.02. The van der Waals surface area contributed by atoms with E-state index in [0.717, 1.165) is 6.42 Å². The Morgan fingerprint density at radius 2 is 1.43 bits per heavy atom. The normalized spacial score (nSPS) is 11.7. The van der Waals surface area contributed by atoms with Gasteiger partial charge in [0.25, 0.3) is 0 Å². The summed E-state index contributed by atoms with van der Waals surface area (Å²) in [6.45, 7) is 4.06. The zero-order chi connectivity index (χ0) is 5.54. The quantitative estimate of drug-likeness (QED) is 0.463. The lowest BCUT2D eigenvalue weighted by Crippen LogP contribution is -1.52. The van der Waals surface area contributed by atoms with Crippen molar-refractivity contribution in [3.05, 3.63) is 24.3 Å². The van der Waals surface area contributed by atoms with Crippen LogP contribution in [-0.2, 0) is 0 Å². The highest BCUT2D eigenvalue weighted by molar-refractivity contribution is 4.88. The third kappa shape index (κ3) is 5.48. The van der Waals surface area contributed by atoms with Crippen molar-refractivity contribution in [3.63, 3.8) is 0 Å². The number of hydrogen-bond acceptors (Lipinski definition) is 0. The fraction of sp³-hybridized carbons (Fsp3) is 0.429. The van der Waals surface area contributed by atoms with Crippen LogP contribution in [-0.4, -0.2) is 0 Å². The molecule has 0 heterocycles. The van der Waals surface area contributed by atoms with Crippen LogP contribution in [0.5, 0.6) is 0 Å². The van der Waals surface area contributed by atoms with Gasteiger partial charge in [0.05, 0.1) is 0 Å². The monoisotopic (exact) mass is 96.1 g/mol. The van der Waals surface area contributed by atoms with Gasteiger partial charge in [0, 0.05) is 0 Å². The van der Waals surface area contributed by atoms with Crippen molar-refractivity contribution in [1.29, 1.82) is 0 Å². The maximum Gasteiger partial charge on any atom is -0.0169 e. The van der Waals surface area contributed by atoms with Crippen LogP contribution in [0.4, 0.5) is 0 Å². The molecule has 0 N–H and O–H groups in total. The van der Waals surface area contributed by atoms with Crippen LogP contribution in [0.3, 0.4) is 0 Å². The summed E-state index contributed by atoms with van der Waals surface area (Å²) >= 11 is 0. The van der Waals surface area contributed by atoms with E-state index in [0.29, 0.717) is 0 Å². The molecular weight excluding hydrogens is 84.1 g/mol. The largest absolute Gasteiger partial charge is 0.0914 e. The molecule has 0 aromatic carbocycles. The van der Waals surface area contributed by atoms with Crippen LogP contribution >= 0.6 is 0 Å². The lowest BCUT2D eigenvalue weighted by Gasteiger charge is -1.73. The summed E-state index contributed by atoms with van der Waals surface area (Å²) in [6.07, 6.45) is 9.44. The van der Waals surface area contributed by atoms with Crippen LogP contribution in [0.2, 0.25) is 0 Å². The van der Waals surface area contributed by atoms with Crippen molar-refractivity contribution in [3.8, 4) is 0 Å². The molecule has 0 radical (unpaired) electrons. The topological polar surface area (TPSA) is 0 Å². The average molecular weight is 96.2 g/mol. The molecule has 0 amide bonds. The van der Waals surface area contributed by atoms with Gasteiger partial charge in [-0.05, 0) is 20.3 Å². The van der Waals surface area contributed by atoms with E-state index in [1.165, 1.54) is 0 Å². The fourth-order valence-corrected chi connectivity index (χ4v) is 0.351. The Hall–Kier alpha value is -0.520. The van der Waals surface area contributed by atoms with Gasteiger partial charge in [-0.2, -0.15) is 0 Å². The molecule has 0 nitrogen and oxygen atoms in total. The molecule has 0 spiro atoms. The molecule has 40 valence electrons. The molecule has 0 fully saturated rings. The van der Waals surface area contributed by atoms with Crippen LogP contribution in [0.15, 0.2) is 24.3 Å².